The molecule has 1 unspecified atom stereocenters. The van der Waals surface area contributed by atoms with E-state index in [4.69, 9.17) is 5.73 Å². The number of nitrogens with two attached hydrogens (primary N) is 1. The lowest BCUT2D eigenvalue weighted by Gasteiger charge is -2.13. The number of halogens is 1. The van der Waals surface area contributed by atoms with Crippen LogP contribution in [-0.2, 0) is 11.2 Å². The van der Waals surface area contributed by atoms with Crippen molar-refractivity contribution in [2.45, 2.75) is 32.7 Å². The highest BCUT2D eigenvalue weighted by Crippen LogP contribution is 2.07. The third kappa shape index (κ3) is 8.01. The molecule has 0 fully saturated rings. The summed E-state index contributed by atoms with van der Waals surface area (Å²) in [4.78, 5) is 11.8. The number of anilines is 1. The highest BCUT2D eigenvalue weighted by atomic mass is 35.5. The van der Waals surface area contributed by atoms with Gasteiger partial charge in [-0.3, -0.25) is 4.79 Å². The van der Waals surface area contributed by atoms with Crippen molar-refractivity contribution in [1.29, 1.82) is 0 Å². The molecule has 1 amide bonds. The summed E-state index contributed by atoms with van der Waals surface area (Å²) in [5, 5.41) is 3.02. The molecule has 0 aliphatic rings. The van der Waals surface area contributed by atoms with Gasteiger partial charge in [-0.25, -0.2) is 0 Å². The van der Waals surface area contributed by atoms with Crippen molar-refractivity contribution in [2.24, 2.45) is 0 Å². The van der Waals surface area contributed by atoms with Crippen LogP contribution in [-0.4, -0.2) is 23.5 Å². The molecule has 1 aromatic carbocycles. The summed E-state index contributed by atoms with van der Waals surface area (Å²) in [7, 11) is 0. The molecule has 0 saturated heterocycles. The minimum atomic E-state index is 0. The molecule has 19 heavy (non-hydrogen) atoms. The van der Waals surface area contributed by atoms with Gasteiger partial charge in [0, 0.05) is 11.7 Å². The number of nitrogens with one attached hydrogen (secondary N) is 1. The number of rotatable bonds is 7. The van der Waals surface area contributed by atoms with Gasteiger partial charge in [-0.1, -0.05) is 19.1 Å². The highest BCUT2D eigenvalue weighted by molar-refractivity contribution is 7.99. The van der Waals surface area contributed by atoms with Gasteiger partial charge in [0.2, 0.25) is 5.91 Å². The summed E-state index contributed by atoms with van der Waals surface area (Å²) in [5.74, 6) is 2.31. The normalized spacial score (nSPS) is 11.5. The number of thioether (sulfide) groups is 1. The molecule has 0 saturated carbocycles. The van der Waals surface area contributed by atoms with E-state index in [9.17, 15) is 4.79 Å². The second kappa shape index (κ2) is 9.98. The van der Waals surface area contributed by atoms with E-state index < -0.39 is 0 Å². The maximum absolute atomic E-state index is 11.8. The van der Waals surface area contributed by atoms with Gasteiger partial charge in [-0.15, -0.1) is 12.4 Å². The molecule has 0 bridgehead atoms. The fourth-order valence-electron chi connectivity index (χ4n) is 1.62. The molecule has 0 aliphatic heterocycles. The first kappa shape index (κ1) is 18.1. The smallest absolute Gasteiger partial charge is 0.224 e. The molecule has 108 valence electrons. The Hall–Kier alpha value is -0.870. The number of hydrogen-bond donors (Lipinski definition) is 2. The number of benzene rings is 1. The van der Waals surface area contributed by atoms with E-state index in [0.717, 1.165) is 29.2 Å². The van der Waals surface area contributed by atoms with Crippen LogP contribution in [0.1, 0.15) is 25.8 Å². The van der Waals surface area contributed by atoms with Crippen LogP contribution < -0.4 is 11.1 Å². The van der Waals surface area contributed by atoms with Crippen LogP contribution in [0.3, 0.4) is 0 Å². The van der Waals surface area contributed by atoms with Crippen molar-refractivity contribution >= 4 is 35.8 Å². The number of amides is 1. The van der Waals surface area contributed by atoms with Crippen LogP contribution in [0.15, 0.2) is 24.3 Å². The van der Waals surface area contributed by atoms with Crippen molar-refractivity contribution in [2.75, 3.05) is 17.2 Å². The van der Waals surface area contributed by atoms with Gasteiger partial charge in [0.05, 0.1) is 6.42 Å². The van der Waals surface area contributed by atoms with E-state index in [2.05, 4.69) is 19.2 Å². The van der Waals surface area contributed by atoms with Crippen LogP contribution in [0, 0.1) is 0 Å². The van der Waals surface area contributed by atoms with Crippen molar-refractivity contribution in [1.82, 2.24) is 5.32 Å². The van der Waals surface area contributed by atoms with Crippen LogP contribution in [0.5, 0.6) is 0 Å². The van der Waals surface area contributed by atoms with E-state index in [1.807, 2.05) is 36.0 Å². The zero-order chi connectivity index (χ0) is 13.4. The molecule has 0 aliphatic carbocycles. The first-order valence-corrected chi connectivity index (χ1v) is 7.48. The van der Waals surface area contributed by atoms with Gasteiger partial charge in [0.15, 0.2) is 0 Å². The number of hydrogen-bond acceptors (Lipinski definition) is 3. The summed E-state index contributed by atoms with van der Waals surface area (Å²) >= 11 is 1.90. The lowest BCUT2D eigenvalue weighted by Crippen LogP contribution is -2.34. The zero-order valence-corrected chi connectivity index (χ0v) is 13.2. The van der Waals surface area contributed by atoms with Gasteiger partial charge in [-0.2, -0.15) is 11.8 Å². The molecule has 0 spiro atoms. The molecule has 1 atom stereocenters. The predicted octanol–water partition coefficient (Wildman–Crippen LogP) is 2.88. The second-order valence-corrected chi connectivity index (χ2v) is 5.77. The van der Waals surface area contributed by atoms with Crippen LogP contribution in [0.4, 0.5) is 5.69 Å². The van der Waals surface area contributed by atoms with Crippen LogP contribution in [0.2, 0.25) is 0 Å². The quantitative estimate of drug-likeness (QED) is 0.601. The minimum Gasteiger partial charge on any atom is -0.399 e. The second-order valence-electron chi connectivity index (χ2n) is 4.37. The number of carbonyl (C=O) groups is 1. The average Bonchev–Trinajstić information content (AvgIpc) is 2.32. The van der Waals surface area contributed by atoms with Crippen molar-refractivity contribution in [3.05, 3.63) is 29.8 Å². The Morgan fingerprint density at radius 1 is 1.37 bits per heavy atom. The molecule has 1 rings (SSSR count). The Kier molecular flexibility index (Phi) is 9.53. The van der Waals surface area contributed by atoms with Crippen molar-refractivity contribution in [3.63, 3.8) is 0 Å². The fraction of sp³-hybridized carbons (Fsp3) is 0.500. The van der Waals surface area contributed by atoms with Gasteiger partial charge in [0.25, 0.3) is 0 Å². The summed E-state index contributed by atoms with van der Waals surface area (Å²) in [5.41, 5.74) is 7.33. The van der Waals surface area contributed by atoms with Crippen LogP contribution in [0.25, 0.3) is 0 Å². The topological polar surface area (TPSA) is 55.1 Å². The summed E-state index contributed by atoms with van der Waals surface area (Å²) in [6.07, 6.45) is 1.44. The average molecular weight is 303 g/mol. The number of carbonyl (C=O) groups excluding carboxylic acids is 1. The third-order valence-corrected chi connectivity index (χ3v) is 3.58. The SMILES string of the molecule is CCSCCC(C)NC(=O)Cc1ccc(N)cc1.Cl. The summed E-state index contributed by atoms with van der Waals surface area (Å²) < 4.78 is 0. The van der Waals surface area contributed by atoms with Crippen LogP contribution >= 0.6 is 24.2 Å². The van der Waals surface area contributed by atoms with Gasteiger partial charge in [-0.05, 0) is 42.5 Å². The Labute approximate surface area is 126 Å². The maximum atomic E-state index is 11.8. The summed E-state index contributed by atoms with van der Waals surface area (Å²) in [6, 6.07) is 7.68. The van der Waals surface area contributed by atoms with E-state index in [1.54, 1.807) is 0 Å². The number of nitrogen functional groups attached to an aromatic ring is 1. The fourth-order valence-corrected chi connectivity index (χ4v) is 2.43. The molecular formula is C14H23ClN2OS. The van der Waals surface area contributed by atoms with Gasteiger partial charge < -0.3 is 11.1 Å². The van der Waals surface area contributed by atoms with Crippen molar-refractivity contribution < 1.29 is 4.79 Å². The zero-order valence-electron chi connectivity index (χ0n) is 11.5. The lowest BCUT2D eigenvalue weighted by molar-refractivity contribution is -0.121. The molecule has 0 aromatic heterocycles. The Bertz CT molecular complexity index is 370. The minimum absolute atomic E-state index is 0. The highest BCUT2D eigenvalue weighted by Gasteiger charge is 2.07. The first-order valence-electron chi connectivity index (χ1n) is 6.33. The third-order valence-electron chi connectivity index (χ3n) is 2.65. The van der Waals surface area contributed by atoms with E-state index in [0.29, 0.717) is 6.42 Å². The molecule has 0 heterocycles. The molecule has 0 radical (unpaired) electrons. The molecule has 3 N–H and O–H groups in total. The Morgan fingerprint density at radius 3 is 2.58 bits per heavy atom. The first-order chi connectivity index (χ1) is 8.61. The Morgan fingerprint density at radius 2 is 2.00 bits per heavy atom. The maximum Gasteiger partial charge on any atom is 0.224 e. The monoisotopic (exact) mass is 302 g/mol. The van der Waals surface area contributed by atoms with E-state index in [-0.39, 0.29) is 24.4 Å². The molecule has 5 heteroatoms. The summed E-state index contributed by atoms with van der Waals surface area (Å²) in [6.45, 7) is 4.20. The molecule has 1 aromatic rings. The lowest BCUT2D eigenvalue weighted by atomic mass is 10.1. The molecule has 3 nitrogen and oxygen atoms in total. The predicted molar refractivity (Wildman–Crippen MR) is 87.0 cm³/mol. The molecular weight excluding hydrogens is 280 g/mol. The van der Waals surface area contributed by atoms with Gasteiger partial charge >= 0.3 is 0 Å². The van der Waals surface area contributed by atoms with Gasteiger partial charge in [0.1, 0.15) is 0 Å². The Balaban J connectivity index is 0.00000324. The standard InChI is InChI=1S/C14H22N2OS.ClH/c1-3-18-9-8-11(2)16-14(17)10-12-4-6-13(15)7-5-12;/h4-7,11H,3,8-10,15H2,1-2H3,(H,16,17);1H. The largest absolute Gasteiger partial charge is 0.399 e. The van der Waals surface area contributed by atoms with E-state index >= 15 is 0 Å². The van der Waals surface area contributed by atoms with Crippen molar-refractivity contribution in [3.8, 4) is 0 Å². The van der Waals surface area contributed by atoms with E-state index in [1.165, 1.54) is 0 Å².